The molecular formula is C22H18BrN5O2. The van der Waals surface area contributed by atoms with Gasteiger partial charge < -0.3 is 15.8 Å². The second kappa shape index (κ2) is 8.46. The van der Waals surface area contributed by atoms with Crippen LogP contribution in [0.15, 0.2) is 65.4 Å². The minimum absolute atomic E-state index is 0.212. The van der Waals surface area contributed by atoms with Crippen molar-refractivity contribution in [3.63, 3.8) is 0 Å². The minimum atomic E-state index is -0.567. The van der Waals surface area contributed by atoms with Gasteiger partial charge in [-0.05, 0) is 66.6 Å². The third-order valence-corrected chi connectivity index (χ3v) is 5.34. The standard InChI is InChI=1S/C22H18BrN5O2/c1-13-8-16(2-4-18(13)23)27-22-26-11-15-10-17(3-5-19(15)28-22)30-12-14-6-7-25-20(9-14)21(24)29/h2-11H,12H2,1H3,(H2,24,29)(H,26,27,28). The average Bonchev–Trinajstić information content (AvgIpc) is 2.75. The predicted molar refractivity (Wildman–Crippen MR) is 119 cm³/mol. The molecule has 0 unspecified atom stereocenters. The van der Waals surface area contributed by atoms with Gasteiger partial charge in [0.15, 0.2) is 0 Å². The number of aryl methyl sites for hydroxylation is 1. The number of carbonyl (C=O) groups is 1. The van der Waals surface area contributed by atoms with Crippen LogP contribution in [0.5, 0.6) is 5.75 Å². The number of aromatic nitrogens is 3. The van der Waals surface area contributed by atoms with Gasteiger partial charge in [0.05, 0.1) is 5.52 Å². The molecule has 0 spiro atoms. The van der Waals surface area contributed by atoms with Gasteiger partial charge >= 0.3 is 0 Å². The van der Waals surface area contributed by atoms with Gasteiger partial charge in [0.2, 0.25) is 5.95 Å². The van der Waals surface area contributed by atoms with E-state index in [9.17, 15) is 4.79 Å². The first kappa shape index (κ1) is 19.8. The topological polar surface area (TPSA) is 103 Å². The fourth-order valence-electron chi connectivity index (χ4n) is 2.88. The zero-order valence-electron chi connectivity index (χ0n) is 16.1. The summed E-state index contributed by atoms with van der Waals surface area (Å²) in [6, 6.07) is 15.0. The molecule has 0 fully saturated rings. The Labute approximate surface area is 181 Å². The average molecular weight is 464 g/mol. The van der Waals surface area contributed by atoms with Crippen LogP contribution in [0.25, 0.3) is 10.9 Å². The molecule has 8 heteroatoms. The molecule has 0 saturated heterocycles. The molecule has 0 aliphatic rings. The lowest BCUT2D eigenvalue weighted by molar-refractivity contribution is 0.0995. The van der Waals surface area contributed by atoms with Crippen LogP contribution in [0.1, 0.15) is 21.6 Å². The van der Waals surface area contributed by atoms with E-state index in [1.165, 1.54) is 6.20 Å². The summed E-state index contributed by atoms with van der Waals surface area (Å²) >= 11 is 3.50. The highest BCUT2D eigenvalue weighted by Gasteiger charge is 2.06. The monoisotopic (exact) mass is 463 g/mol. The maximum atomic E-state index is 11.2. The zero-order chi connectivity index (χ0) is 21.1. The van der Waals surface area contributed by atoms with Crippen molar-refractivity contribution in [2.75, 3.05) is 5.32 Å². The fourth-order valence-corrected chi connectivity index (χ4v) is 3.13. The number of hydrogen-bond donors (Lipinski definition) is 2. The number of carbonyl (C=O) groups excluding carboxylic acids is 1. The third-order valence-electron chi connectivity index (χ3n) is 4.45. The van der Waals surface area contributed by atoms with Crippen LogP contribution in [-0.2, 0) is 6.61 Å². The van der Waals surface area contributed by atoms with Crippen molar-refractivity contribution in [3.8, 4) is 5.75 Å². The molecule has 1 amide bonds. The molecule has 0 aliphatic carbocycles. The number of nitrogens with one attached hydrogen (secondary N) is 1. The van der Waals surface area contributed by atoms with E-state index in [2.05, 4.69) is 36.2 Å². The van der Waals surface area contributed by atoms with Gasteiger partial charge in [-0.2, -0.15) is 0 Å². The molecule has 2 aromatic heterocycles. The molecule has 30 heavy (non-hydrogen) atoms. The van der Waals surface area contributed by atoms with E-state index in [0.717, 1.165) is 32.2 Å². The van der Waals surface area contributed by atoms with Gasteiger partial charge in [0, 0.05) is 27.9 Å². The van der Waals surface area contributed by atoms with Crippen LogP contribution in [0.2, 0.25) is 0 Å². The van der Waals surface area contributed by atoms with Gasteiger partial charge in [-0.15, -0.1) is 0 Å². The third kappa shape index (κ3) is 4.55. The molecular weight excluding hydrogens is 446 g/mol. The molecule has 0 atom stereocenters. The lowest BCUT2D eigenvalue weighted by Crippen LogP contribution is -2.13. The maximum Gasteiger partial charge on any atom is 0.267 e. The Morgan fingerprint density at radius 1 is 1.13 bits per heavy atom. The Morgan fingerprint density at radius 2 is 2.00 bits per heavy atom. The first-order valence-electron chi connectivity index (χ1n) is 9.15. The Morgan fingerprint density at radius 3 is 2.80 bits per heavy atom. The van der Waals surface area contributed by atoms with Crippen molar-refractivity contribution >= 4 is 44.4 Å². The number of nitrogens with two attached hydrogens (primary N) is 1. The first-order chi connectivity index (χ1) is 14.5. The number of amides is 1. The fraction of sp³-hybridized carbons (Fsp3) is 0.0909. The summed E-state index contributed by atoms with van der Waals surface area (Å²) in [5.41, 5.74) is 9.12. The van der Waals surface area contributed by atoms with E-state index < -0.39 is 5.91 Å². The summed E-state index contributed by atoms with van der Waals surface area (Å²) in [5, 5.41) is 4.08. The molecule has 4 rings (SSSR count). The summed E-state index contributed by atoms with van der Waals surface area (Å²) in [4.78, 5) is 24.1. The van der Waals surface area contributed by atoms with E-state index in [-0.39, 0.29) is 12.3 Å². The normalized spacial score (nSPS) is 10.7. The second-order valence-electron chi connectivity index (χ2n) is 6.71. The van der Waals surface area contributed by atoms with E-state index in [0.29, 0.717) is 11.7 Å². The Balaban J connectivity index is 1.48. The van der Waals surface area contributed by atoms with E-state index in [1.54, 1.807) is 18.3 Å². The largest absolute Gasteiger partial charge is 0.489 e. The lowest BCUT2D eigenvalue weighted by atomic mass is 10.2. The summed E-state index contributed by atoms with van der Waals surface area (Å²) in [7, 11) is 0. The van der Waals surface area contributed by atoms with Crippen LogP contribution in [0, 0.1) is 6.92 Å². The first-order valence-corrected chi connectivity index (χ1v) is 9.95. The van der Waals surface area contributed by atoms with Crippen molar-refractivity contribution in [1.29, 1.82) is 0 Å². The number of halogens is 1. The number of anilines is 2. The highest BCUT2D eigenvalue weighted by Crippen LogP contribution is 2.24. The Kier molecular flexibility index (Phi) is 5.58. The van der Waals surface area contributed by atoms with E-state index in [1.807, 2.05) is 43.3 Å². The maximum absolute atomic E-state index is 11.2. The van der Waals surface area contributed by atoms with Crippen LogP contribution >= 0.6 is 15.9 Å². The molecule has 2 aromatic carbocycles. The van der Waals surface area contributed by atoms with Crippen LogP contribution < -0.4 is 15.8 Å². The molecule has 3 N–H and O–H groups in total. The number of ether oxygens (including phenoxy) is 1. The second-order valence-corrected chi connectivity index (χ2v) is 7.56. The minimum Gasteiger partial charge on any atom is -0.489 e. The van der Waals surface area contributed by atoms with Gasteiger partial charge in [0.25, 0.3) is 5.91 Å². The number of nitrogens with zero attached hydrogens (tertiary/aromatic N) is 3. The highest BCUT2D eigenvalue weighted by molar-refractivity contribution is 9.10. The number of fused-ring (bicyclic) bond motifs is 1. The number of pyridine rings is 1. The van der Waals surface area contributed by atoms with Gasteiger partial charge in [0.1, 0.15) is 18.1 Å². The summed E-state index contributed by atoms with van der Waals surface area (Å²) in [6.45, 7) is 2.32. The van der Waals surface area contributed by atoms with Crippen molar-refractivity contribution in [2.45, 2.75) is 13.5 Å². The predicted octanol–water partition coefficient (Wildman–Crippen LogP) is 4.52. The van der Waals surface area contributed by atoms with Gasteiger partial charge in [-0.25, -0.2) is 9.97 Å². The molecule has 0 saturated carbocycles. The SMILES string of the molecule is Cc1cc(Nc2ncc3cc(OCc4ccnc(C(N)=O)c4)ccc3n2)ccc1Br. The molecule has 4 aromatic rings. The van der Waals surface area contributed by atoms with Gasteiger partial charge in [-0.1, -0.05) is 15.9 Å². The smallest absolute Gasteiger partial charge is 0.267 e. The zero-order valence-corrected chi connectivity index (χ0v) is 17.7. The van der Waals surface area contributed by atoms with E-state index in [4.69, 9.17) is 10.5 Å². The van der Waals surface area contributed by atoms with Crippen molar-refractivity contribution in [2.24, 2.45) is 5.73 Å². The van der Waals surface area contributed by atoms with Crippen molar-refractivity contribution < 1.29 is 9.53 Å². The van der Waals surface area contributed by atoms with E-state index >= 15 is 0 Å². The summed E-state index contributed by atoms with van der Waals surface area (Å²) in [6.07, 6.45) is 3.29. The Hall–Kier alpha value is -3.52. The number of rotatable bonds is 6. The van der Waals surface area contributed by atoms with Crippen LogP contribution in [0.4, 0.5) is 11.6 Å². The number of benzene rings is 2. The van der Waals surface area contributed by atoms with Crippen molar-refractivity contribution in [1.82, 2.24) is 15.0 Å². The molecule has 0 radical (unpaired) electrons. The van der Waals surface area contributed by atoms with Crippen molar-refractivity contribution in [3.05, 3.63) is 82.2 Å². The quantitative estimate of drug-likeness (QED) is 0.435. The van der Waals surface area contributed by atoms with Crippen LogP contribution in [0.3, 0.4) is 0 Å². The molecule has 2 heterocycles. The van der Waals surface area contributed by atoms with Gasteiger partial charge in [-0.3, -0.25) is 9.78 Å². The number of primary amides is 1. The summed E-state index contributed by atoms with van der Waals surface area (Å²) < 4.78 is 6.88. The molecule has 0 aliphatic heterocycles. The summed E-state index contributed by atoms with van der Waals surface area (Å²) in [5.74, 6) is 0.629. The number of hydrogen-bond acceptors (Lipinski definition) is 6. The molecule has 150 valence electrons. The highest BCUT2D eigenvalue weighted by atomic mass is 79.9. The Bertz CT molecular complexity index is 1250. The molecule has 0 bridgehead atoms. The van der Waals surface area contributed by atoms with Crippen LogP contribution in [-0.4, -0.2) is 20.9 Å². The lowest BCUT2D eigenvalue weighted by Gasteiger charge is -2.09. The molecule has 7 nitrogen and oxygen atoms in total.